The van der Waals surface area contributed by atoms with Crippen molar-refractivity contribution in [3.63, 3.8) is 0 Å². The van der Waals surface area contributed by atoms with Crippen LogP contribution in [-0.2, 0) is 13.1 Å². The molecule has 0 saturated carbocycles. The van der Waals surface area contributed by atoms with Crippen LogP contribution in [-0.4, -0.2) is 17.5 Å². The van der Waals surface area contributed by atoms with Gasteiger partial charge in [0.25, 0.3) is 0 Å². The lowest BCUT2D eigenvalue weighted by Crippen LogP contribution is -2.39. The van der Waals surface area contributed by atoms with Crippen LogP contribution < -0.4 is 11.1 Å². The maximum absolute atomic E-state index is 12.2. The molecule has 4 heteroatoms. The summed E-state index contributed by atoms with van der Waals surface area (Å²) in [6.45, 7) is 3.75. The third kappa shape index (κ3) is 4.53. The summed E-state index contributed by atoms with van der Waals surface area (Å²) in [5, 5.41) is 2.94. The highest BCUT2D eigenvalue weighted by atomic mass is 16.2. The van der Waals surface area contributed by atoms with Crippen LogP contribution in [0.4, 0.5) is 10.5 Å². The zero-order valence-corrected chi connectivity index (χ0v) is 12.3. The highest BCUT2D eigenvalue weighted by Crippen LogP contribution is 2.09. The average molecular weight is 283 g/mol. The van der Waals surface area contributed by atoms with Gasteiger partial charge in [0.15, 0.2) is 0 Å². The smallest absolute Gasteiger partial charge is 0.317 e. The molecule has 2 amide bonds. The van der Waals surface area contributed by atoms with E-state index in [1.165, 1.54) is 0 Å². The van der Waals surface area contributed by atoms with Crippen molar-refractivity contribution in [2.24, 2.45) is 0 Å². The molecular weight excluding hydrogens is 262 g/mol. The Morgan fingerprint density at radius 1 is 1.05 bits per heavy atom. The van der Waals surface area contributed by atoms with E-state index in [0.29, 0.717) is 19.6 Å². The van der Waals surface area contributed by atoms with Crippen LogP contribution in [0.2, 0.25) is 0 Å². The lowest BCUT2D eigenvalue weighted by atomic mass is 10.2. The number of nitrogens with one attached hydrogen (secondary N) is 1. The summed E-state index contributed by atoms with van der Waals surface area (Å²) in [6, 6.07) is 17.4. The van der Waals surface area contributed by atoms with Gasteiger partial charge in [-0.15, -0.1) is 0 Å². The van der Waals surface area contributed by atoms with Crippen LogP contribution in [0, 0.1) is 0 Å². The number of rotatable bonds is 5. The molecule has 0 saturated heterocycles. The molecule has 2 rings (SSSR count). The lowest BCUT2D eigenvalue weighted by Gasteiger charge is -2.21. The molecular formula is C17H21N3O. The van der Waals surface area contributed by atoms with Crippen molar-refractivity contribution in [1.82, 2.24) is 10.2 Å². The summed E-state index contributed by atoms with van der Waals surface area (Å²) in [4.78, 5) is 14.0. The number of nitrogens with zero attached hydrogens (tertiary/aromatic N) is 1. The van der Waals surface area contributed by atoms with E-state index >= 15 is 0 Å². The van der Waals surface area contributed by atoms with Crippen LogP contribution >= 0.6 is 0 Å². The van der Waals surface area contributed by atoms with Gasteiger partial charge in [-0.1, -0.05) is 42.5 Å². The van der Waals surface area contributed by atoms with Gasteiger partial charge in [-0.05, 0) is 30.2 Å². The van der Waals surface area contributed by atoms with Crippen LogP contribution in [0.1, 0.15) is 18.1 Å². The number of carbonyl (C=O) groups is 1. The van der Waals surface area contributed by atoms with E-state index < -0.39 is 0 Å². The summed E-state index contributed by atoms with van der Waals surface area (Å²) in [5.74, 6) is 0. The first-order valence-corrected chi connectivity index (χ1v) is 7.10. The molecule has 4 nitrogen and oxygen atoms in total. The van der Waals surface area contributed by atoms with Gasteiger partial charge in [-0.3, -0.25) is 0 Å². The van der Waals surface area contributed by atoms with Gasteiger partial charge < -0.3 is 16.0 Å². The van der Waals surface area contributed by atoms with Crippen molar-refractivity contribution in [2.75, 3.05) is 12.3 Å². The van der Waals surface area contributed by atoms with E-state index in [4.69, 9.17) is 5.73 Å². The van der Waals surface area contributed by atoms with Gasteiger partial charge in [-0.2, -0.15) is 0 Å². The zero-order chi connectivity index (χ0) is 15.1. The Hall–Kier alpha value is -2.49. The summed E-state index contributed by atoms with van der Waals surface area (Å²) in [7, 11) is 0. The van der Waals surface area contributed by atoms with Crippen LogP contribution in [0.5, 0.6) is 0 Å². The maximum Gasteiger partial charge on any atom is 0.317 e. The Bertz CT molecular complexity index is 566. The van der Waals surface area contributed by atoms with E-state index in [9.17, 15) is 4.79 Å². The SMILES string of the molecule is CCN(Cc1ccc(N)cc1)C(=O)NCc1ccccc1. The highest BCUT2D eigenvalue weighted by molar-refractivity contribution is 5.74. The molecule has 2 aromatic rings. The molecule has 3 N–H and O–H groups in total. The number of nitrogen functional groups attached to an aromatic ring is 1. The molecule has 0 bridgehead atoms. The minimum atomic E-state index is -0.0572. The number of urea groups is 1. The first-order chi connectivity index (χ1) is 10.2. The quantitative estimate of drug-likeness (QED) is 0.829. The van der Waals surface area contributed by atoms with Gasteiger partial charge in [0.2, 0.25) is 0 Å². The van der Waals surface area contributed by atoms with Crippen LogP contribution in [0.25, 0.3) is 0 Å². The minimum Gasteiger partial charge on any atom is -0.399 e. The number of amides is 2. The van der Waals surface area contributed by atoms with Crippen molar-refractivity contribution in [2.45, 2.75) is 20.0 Å². The molecule has 0 aromatic heterocycles. The van der Waals surface area contributed by atoms with E-state index in [2.05, 4.69) is 5.32 Å². The molecule has 0 unspecified atom stereocenters. The fraction of sp³-hybridized carbons (Fsp3) is 0.235. The molecule has 0 aliphatic carbocycles. The second kappa shape index (κ2) is 7.33. The van der Waals surface area contributed by atoms with Gasteiger partial charge in [0.05, 0.1) is 0 Å². The maximum atomic E-state index is 12.2. The third-order valence-electron chi connectivity index (χ3n) is 3.31. The van der Waals surface area contributed by atoms with Gasteiger partial charge >= 0.3 is 6.03 Å². The van der Waals surface area contributed by atoms with E-state index in [0.717, 1.165) is 16.8 Å². The predicted octanol–water partition coefficient (Wildman–Crippen LogP) is 3.00. The number of hydrogen-bond donors (Lipinski definition) is 2. The van der Waals surface area contributed by atoms with Gasteiger partial charge in [0.1, 0.15) is 0 Å². The second-order valence-electron chi connectivity index (χ2n) is 4.90. The summed E-state index contributed by atoms with van der Waals surface area (Å²) < 4.78 is 0. The Balaban J connectivity index is 1.90. The first kappa shape index (κ1) is 14.9. The van der Waals surface area contributed by atoms with Crippen molar-refractivity contribution >= 4 is 11.7 Å². The van der Waals surface area contributed by atoms with E-state index in [-0.39, 0.29) is 6.03 Å². The molecule has 0 fully saturated rings. The van der Waals surface area contributed by atoms with E-state index in [1.54, 1.807) is 4.90 Å². The molecule has 0 radical (unpaired) electrons. The normalized spacial score (nSPS) is 10.1. The minimum absolute atomic E-state index is 0.0572. The molecule has 0 aliphatic rings. The monoisotopic (exact) mass is 283 g/mol. The molecule has 0 atom stereocenters. The summed E-state index contributed by atoms with van der Waals surface area (Å²) in [5.41, 5.74) is 8.56. The van der Waals surface area contributed by atoms with Crippen molar-refractivity contribution in [1.29, 1.82) is 0 Å². The molecule has 110 valence electrons. The Kier molecular flexibility index (Phi) is 5.21. The first-order valence-electron chi connectivity index (χ1n) is 7.10. The van der Waals surface area contributed by atoms with Crippen LogP contribution in [0.15, 0.2) is 54.6 Å². The Morgan fingerprint density at radius 3 is 2.33 bits per heavy atom. The highest BCUT2D eigenvalue weighted by Gasteiger charge is 2.11. The zero-order valence-electron chi connectivity index (χ0n) is 12.3. The summed E-state index contributed by atoms with van der Waals surface area (Å²) >= 11 is 0. The third-order valence-corrected chi connectivity index (χ3v) is 3.31. The predicted molar refractivity (Wildman–Crippen MR) is 85.6 cm³/mol. The van der Waals surface area contributed by atoms with Crippen molar-refractivity contribution in [3.05, 3.63) is 65.7 Å². The van der Waals surface area contributed by atoms with Crippen molar-refractivity contribution in [3.8, 4) is 0 Å². The topological polar surface area (TPSA) is 58.4 Å². The number of nitrogens with two attached hydrogens (primary N) is 1. The molecule has 21 heavy (non-hydrogen) atoms. The number of anilines is 1. The van der Waals surface area contributed by atoms with Gasteiger partial charge in [0, 0.05) is 25.3 Å². The largest absolute Gasteiger partial charge is 0.399 e. The molecule has 0 aliphatic heterocycles. The average Bonchev–Trinajstić information content (AvgIpc) is 2.53. The Labute approximate surface area is 125 Å². The van der Waals surface area contributed by atoms with E-state index in [1.807, 2.05) is 61.5 Å². The molecule has 0 spiro atoms. The molecule has 2 aromatic carbocycles. The van der Waals surface area contributed by atoms with Gasteiger partial charge in [-0.25, -0.2) is 4.79 Å². The standard InChI is InChI=1S/C17H21N3O/c1-2-20(13-15-8-10-16(18)11-9-15)17(21)19-12-14-6-4-3-5-7-14/h3-11H,2,12-13,18H2,1H3,(H,19,21). The second-order valence-corrected chi connectivity index (χ2v) is 4.90. The number of benzene rings is 2. The van der Waals surface area contributed by atoms with Crippen molar-refractivity contribution < 1.29 is 4.79 Å². The fourth-order valence-electron chi connectivity index (χ4n) is 2.06. The fourth-order valence-corrected chi connectivity index (χ4v) is 2.06. The lowest BCUT2D eigenvalue weighted by molar-refractivity contribution is 0.197. The number of hydrogen-bond acceptors (Lipinski definition) is 2. The molecule has 0 heterocycles. The summed E-state index contributed by atoms with van der Waals surface area (Å²) in [6.07, 6.45) is 0. The number of carbonyl (C=O) groups excluding carboxylic acids is 1. The van der Waals surface area contributed by atoms with Crippen LogP contribution in [0.3, 0.4) is 0 Å². The Morgan fingerprint density at radius 2 is 1.71 bits per heavy atom.